The van der Waals surface area contributed by atoms with Crippen LogP contribution in [0.15, 0.2) is 48.5 Å². The van der Waals surface area contributed by atoms with Crippen LogP contribution >= 0.6 is 11.6 Å². The van der Waals surface area contributed by atoms with Gasteiger partial charge in [-0.3, -0.25) is 0 Å². The molecule has 0 aromatic heterocycles. The van der Waals surface area contributed by atoms with Gasteiger partial charge in [0.25, 0.3) is 0 Å². The number of nitrogen functional groups attached to an aromatic ring is 1. The molecule has 0 aliphatic heterocycles. The molecule has 0 fully saturated rings. The van der Waals surface area contributed by atoms with E-state index in [0.717, 1.165) is 11.1 Å². The van der Waals surface area contributed by atoms with Crippen molar-refractivity contribution in [2.24, 2.45) is 0 Å². The van der Waals surface area contributed by atoms with Gasteiger partial charge in [-0.1, -0.05) is 41.9 Å². The summed E-state index contributed by atoms with van der Waals surface area (Å²) in [6, 6.07) is 16.9. The molecule has 1 unspecified atom stereocenters. The van der Waals surface area contributed by atoms with E-state index in [4.69, 9.17) is 17.3 Å². The van der Waals surface area contributed by atoms with Crippen molar-refractivity contribution in [3.8, 4) is 6.07 Å². The molecule has 0 aliphatic rings. The predicted octanol–water partition coefficient (Wildman–Crippen LogP) is 3.58. The summed E-state index contributed by atoms with van der Waals surface area (Å²) in [5, 5.41) is 9.95. The predicted molar refractivity (Wildman–Crippen MR) is 69.8 cm³/mol. The summed E-state index contributed by atoms with van der Waals surface area (Å²) in [6.45, 7) is 0. The molecule has 2 nitrogen and oxygen atoms in total. The topological polar surface area (TPSA) is 49.8 Å². The van der Waals surface area contributed by atoms with Gasteiger partial charge in [0, 0.05) is 10.7 Å². The number of rotatable bonds is 2. The maximum absolute atomic E-state index is 9.29. The first-order chi connectivity index (χ1) is 8.22. The number of halogens is 1. The van der Waals surface area contributed by atoms with Gasteiger partial charge < -0.3 is 5.73 Å². The van der Waals surface area contributed by atoms with E-state index in [2.05, 4.69) is 6.07 Å². The Morgan fingerprint density at radius 2 is 1.71 bits per heavy atom. The van der Waals surface area contributed by atoms with Crippen molar-refractivity contribution in [1.82, 2.24) is 0 Å². The quantitative estimate of drug-likeness (QED) is 0.819. The molecule has 0 heterocycles. The van der Waals surface area contributed by atoms with Crippen LogP contribution in [0.25, 0.3) is 0 Å². The third kappa shape index (κ3) is 2.41. The molecule has 1 atom stereocenters. The summed E-state index contributed by atoms with van der Waals surface area (Å²) < 4.78 is 0. The van der Waals surface area contributed by atoms with E-state index in [9.17, 15) is 5.26 Å². The third-order valence-electron chi connectivity index (χ3n) is 2.64. The highest BCUT2D eigenvalue weighted by Gasteiger charge is 2.15. The van der Waals surface area contributed by atoms with Crippen LogP contribution in [0, 0.1) is 11.3 Å². The van der Waals surface area contributed by atoms with Gasteiger partial charge in [-0.25, -0.2) is 0 Å². The molecular weight excluding hydrogens is 232 g/mol. The average molecular weight is 243 g/mol. The minimum Gasteiger partial charge on any atom is -0.398 e. The van der Waals surface area contributed by atoms with Gasteiger partial charge in [0.15, 0.2) is 0 Å². The molecule has 2 aromatic carbocycles. The van der Waals surface area contributed by atoms with Crippen molar-refractivity contribution in [3.63, 3.8) is 0 Å². The SMILES string of the molecule is N#CC(c1ccc(Cl)cc1)c1ccccc1N. The monoisotopic (exact) mass is 242 g/mol. The second-order valence-corrected chi connectivity index (χ2v) is 4.18. The lowest BCUT2D eigenvalue weighted by molar-refractivity contribution is 1.04. The third-order valence-corrected chi connectivity index (χ3v) is 2.89. The maximum Gasteiger partial charge on any atom is 0.0982 e. The highest BCUT2D eigenvalue weighted by atomic mass is 35.5. The molecule has 2 N–H and O–H groups in total. The fourth-order valence-corrected chi connectivity index (χ4v) is 1.88. The van der Waals surface area contributed by atoms with Crippen LogP contribution in [0.3, 0.4) is 0 Å². The first-order valence-corrected chi connectivity index (χ1v) is 5.59. The summed E-state index contributed by atoms with van der Waals surface area (Å²) >= 11 is 5.83. The molecule has 84 valence electrons. The van der Waals surface area contributed by atoms with E-state index in [1.807, 2.05) is 30.3 Å². The van der Waals surface area contributed by atoms with Gasteiger partial charge in [-0.2, -0.15) is 5.26 Å². The van der Waals surface area contributed by atoms with Gasteiger partial charge >= 0.3 is 0 Å². The van der Waals surface area contributed by atoms with Gasteiger partial charge in [0.2, 0.25) is 0 Å². The Balaban J connectivity index is 2.45. The summed E-state index contributed by atoms with van der Waals surface area (Å²) in [5.41, 5.74) is 8.25. The number of hydrogen-bond acceptors (Lipinski definition) is 2. The van der Waals surface area contributed by atoms with Crippen LogP contribution in [0.1, 0.15) is 17.0 Å². The van der Waals surface area contributed by atoms with Crippen molar-refractivity contribution in [2.75, 3.05) is 5.73 Å². The van der Waals surface area contributed by atoms with Gasteiger partial charge in [-0.15, -0.1) is 0 Å². The number of benzene rings is 2. The van der Waals surface area contributed by atoms with Gasteiger partial charge in [0.1, 0.15) is 0 Å². The van der Waals surface area contributed by atoms with E-state index in [0.29, 0.717) is 10.7 Å². The highest BCUT2D eigenvalue weighted by molar-refractivity contribution is 6.30. The zero-order chi connectivity index (χ0) is 12.3. The average Bonchev–Trinajstić information content (AvgIpc) is 2.35. The molecule has 2 aromatic rings. The summed E-state index contributed by atoms with van der Waals surface area (Å²) in [4.78, 5) is 0. The smallest absolute Gasteiger partial charge is 0.0982 e. The lowest BCUT2D eigenvalue weighted by Gasteiger charge is -2.12. The van der Waals surface area contributed by atoms with E-state index in [-0.39, 0.29) is 5.92 Å². The minimum absolute atomic E-state index is 0.353. The first-order valence-electron chi connectivity index (χ1n) is 5.22. The highest BCUT2D eigenvalue weighted by Crippen LogP contribution is 2.28. The van der Waals surface area contributed by atoms with E-state index in [1.54, 1.807) is 18.2 Å². The molecule has 0 saturated carbocycles. The number of anilines is 1. The Morgan fingerprint density at radius 3 is 2.29 bits per heavy atom. The summed E-state index contributed by atoms with van der Waals surface area (Å²) in [5.74, 6) is -0.353. The zero-order valence-corrected chi connectivity index (χ0v) is 9.85. The molecule has 0 spiro atoms. The fraction of sp³-hybridized carbons (Fsp3) is 0.0714. The second kappa shape index (κ2) is 4.90. The molecule has 2 rings (SSSR count). The number of nitrogens with two attached hydrogens (primary N) is 1. The Labute approximate surface area is 105 Å². The van der Waals surface area contributed by atoms with Crippen molar-refractivity contribution in [3.05, 3.63) is 64.7 Å². The van der Waals surface area contributed by atoms with Gasteiger partial charge in [0.05, 0.1) is 12.0 Å². The van der Waals surface area contributed by atoms with Crippen LogP contribution in [0.2, 0.25) is 5.02 Å². The number of hydrogen-bond donors (Lipinski definition) is 1. The molecular formula is C14H11ClN2. The first kappa shape index (κ1) is 11.5. The van der Waals surface area contributed by atoms with Crippen LogP contribution in [0.5, 0.6) is 0 Å². The zero-order valence-electron chi connectivity index (χ0n) is 9.10. The largest absolute Gasteiger partial charge is 0.398 e. The fourth-order valence-electron chi connectivity index (χ4n) is 1.75. The Kier molecular flexibility index (Phi) is 3.32. The Hall–Kier alpha value is -1.98. The van der Waals surface area contributed by atoms with Crippen molar-refractivity contribution in [1.29, 1.82) is 5.26 Å². The van der Waals surface area contributed by atoms with E-state index in [1.165, 1.54) is 0 Å². The molecule has 0 saturated heterocycles. The second-order valence-electron chi connectivity index (χ2n) is 3.74. The lowest BCUT2D eigenvalue weighted by atomic mass is 9.91. The molecule has 0 radical (unpaired) electrons. The Morgan fingerprint density at radius 1 is 1.06 bits per heavy atom. The number of nitrogens with zero attached hydrogens (tertiary/aromatic N) is 1. The summed E-state index contributed by atoms with van der Waals surface area (Å²) in [6.07, 6.45) is 0. The van der Waals surface area contributed by atoms with Crippen LogP contribution in [-0.2, 0) is 0 Å². The lowest BCUT2D eigenvalue weighted by Crippen LogP contribution is -2.02. The van der Waals surface area contributed by atoms with Gasteiger partial charge in [-0.05, 0) is 29.3 Å². The van der Waals surface area contributed by atoms with Crippen molar-refractivity contribution < 1.29 is 0 Å². The van der Waals surface area contributed by atoms with E-state index < -0.39 is 0 Å². The van der Waals surface area contributed by atoms with Crippen LogP contribution < -0.4 is 5.73 Å². The summed E-state index contributed by atoms with van der Waals surface area (Å²) in [7, 11) is 0. The molecule has 3 heteroatoms. The maximum atomic E-state index is 9.29. The van der Waals surface area contributed by atoms with Crippen LogP contribution in [0.4, 0.5) is 5.69 Å². The normalized spacial score (nSPS) is 11.8. The number of para-hydroxylation sites is 1. The molecule has 0 amide bonds. The van der Waals surface area contributed by atoms with Crippen molar-refractivity contribution in [2.45, 2.75) is 5.92 Å². The standard InChI is InChI=1S/C14H11ClN2/c15-11-7-5-10(6-8-11)13(9-16)12-3-1-2-4-14(12)17/h1-8,13H,17H2. The van der Waals surface area contributed by atoms with Crippen molar-refractivity contribution >= 4 is 17.3 Å². The molecule has 17 heavy (non-hydrogen) atoms. The number of nitriles is 1. The minimum atomic E-state index is -0.353. The Bertz CT molecular complexity index is 555. The van der Waals surface area contributed by atoms with Crippen LogP contribution in [-0.4, -0.2) is 0 Å². The van der Waals surface area contributed by atoms with E-state index >= 15 is 0 Å². The molecule has 0 bridgehead atoms. The molecule has 0 aliphatic carbocycles.